The van der Waals surface area contributed by atoms with Gasteiger partial charge in [-0.25, -0.2) is 0 Å². The Morgan fingerprint density at radius 3 is 2.80 bits per heavy atom. The molecule has 1 N–H and O–H groups in total. The van der Waals surface area contributed by atoms with Crippen molar-refractivity contribution < 1.29 is 14.4 Å². The van der Waals surface area contributed by atoms with Crippen LogP contribution in [0.3, 0.4) is 0 Å². The molecule has 1 saturated heterocycles. The van der Waals surface area contributed by atoms with E-state index in [-0.39, 0.29) is 6.54 Å². The molecule has 8 heteroatoms. The lowest BCUT2D eigenvalue weighted by molar-refractivity contribution is -0.127. The summed E-state index contributed by atoms with van der Waals surface area (Å²) < 4.78 is 0. The van der Waals surface area contributed by atoms with Crippen LogP contribution in [-0.4, -0.2) is 28.5 Å². The number of nitrogens with zero attached hydrogens (tertiary/aromatic N) is 1. The number of nitrogens with one attached hydrogen (secondary N) is 1. The molecule has 0 saturated carbocycles. The molecule has 2 heterocycles. The lowest BCUT2D eigenvalue weighted by Crippen LogP contribution is -2.36. The van der Waals surface area contributed by atoms with Crippen molar-refractivity contribution in [1.82, 2.24) is 4.90 Å². The van der Waals surface area contributed by atoms with Crippen molar-refractivity contribution in [2.75, 3.05) is 11.9 Å². The molecule has 128 valence electrons. The molecule has 1 aromatic carbocycles. The molecule has 2 aromatic rings. The van der Waals surface area contributed by atoms with Crippen molar-refractivity contribution in [2.45, 2.75) is 6.92 Å². The first-order valence-electron chi connectivity index (χ1n) is 7.29. The van der Waals surface area contributed by atoms with E-state index >= 15 is 0 Å². The van der Waals surface area contributed by atoms with E-state index < -0.39 is 17.1 Å². The van der Waals surface area contributed by atoms with E-state index in [9.17, 15) is 14.4 Å². The van der Waals surface area contributed by atoms with E-state index in [0.717, 1.165) is 27.1 Å². The molecular formula is C17H13ClN2O3S2. The van der Waals surface area contributed by atoms with Gasteiger partial charge in [0.05, 0.1) is 4.91 Å². The highest BCUT2D eigenvalue weighted by Crippen LogP contribution is 2.32. The van der Waals surface area contributed by atoms with Gasteiger partial charge in [0.2, 0.25) is 5.91 Å². The van der Waals surface area contributed by atoms with Crippen LogP contribution in [-0.2, 0) is 9.59 Å². The van der Waals surface area contributed by atoms with Crippen LogP contribution in [0.15, 0.2) is 40.6 Å². The molecule has 1 aliphatic rings. The van der Waals surface area contributed by atoms with Crippen LogP contribution in [0, 0.1) is 6.92 Å². The van der Waals surface area contributed by atoms with Crippen LogP contribution >= 0.6 is 34.7 Å². The second-order valence-electron chi connectivity index (χ2n) is 5.29. The fourth-order valence-electron chi connectivity index (χ4n) is 2.24. The number of thioether (sulfide) groups is 1. The number of halogens is 1. The highest BCUT2D eigenvalue weighted by molar-refractivity contribution is 8.18. The van der Waals surface area contributed by atoms with Gasteiger partial charge in [-0.1, -0.05) is 17.7 Å². The Balaban J connectivity index is 1.69. The Hall–Kier alpha value is -2.09. The molecule has 3 amide bonds. The summed E-state index contributed by atoms with van der Waals surface area (Å²) in [7, 11) is 0. The molecule has 0 bridgehead atoms. The van der Waals surface area contributed by atoms with Crippen molar-refractivity contribution in [3.05, 3.63) is 56.1 Å². The Labute approximate surface area is 157 Å². The maximum atomic E-state index is 12.4. The molecule has 5 nitrogen and oxygen atoms in total. The number of aryl methyl sites for hydroxylation is 1. The molecule has 0 unspecified atom stereocenters. The number of anilines is 1. The summed E-state index contributed by atoms with van der Waals surface area (Å²) in [4.78, 5) is 38.8. The van der Waals surface area contributed by atoms with Gasteiger partial charge in [0.1, 0.15) is 6.54 Å². The maximum Gasteiger partial charge on any atom is 0.294 e. The fourth-order valence-corrected chi connectivity index (χ4v) is 4.03. The van der Waals surface area contributed by atoms with E-state index in [1.165, 1.54) is 11.3 Å². The first-order chi connectivity index (χ1) is 11.9. The van der Waals surface area contributed by atoms with Gasteiger partial charge in [-0.2, -0.15) is 0 Å². The summed E-state index contributed by atoms with van der Waals surface area (Å²) in [5, 5.41) is 4.70. The predicted molar refractivity (Wildman–Crippen MR) is 102 cm³/mol. The zero-order chi connectivity index (χ0) is 18.0. The molecule has 0 radical (unpaired) electrons. The molecule has 3 rings (SSSR count). The smallest absolute Gasteiger partial charge is 0.294 e. The first kappa shape index (κ1) is 17.7. The minimum atomic E-state index is -0.452. The zero-order valence-electron chi connectivity index (χ0n) is 13.1. The predicted octanol–water partition coefficient (Wildman–Crippen LogP) is 4.38. The number of benzene rings is 1. The topological polar surface area (TPSA) is 66.5 Å². The van der Waals surface area contributed by atoms with Crippen molar-refractivity contribution in [1.29, 1.82) is 0 Å². The van der Waals surface area contributed by atoms with Crippen LogP contribution in [0.4, 0.5) is 10.5 Å². The molecule has 0 atom stereocenters. The van der Waals surface area contributed by atoms with E-state index in [1.54, 1.807) is 24.3 Å². The van der Waals surface area contributed by atoms with E-state index in [4.69, 9.17) is 11.6 Å². The average molecular weight is 393 g/mol. The number of carbonyl (C=O) groups excluding carboxylic acids is 3. The van der Waals surface area contributed by atoms with Gasteiger partial charge >= 0.3 is 0 Å². The van der Waals surface area contributed by atoms with E-state index in [0.29, 0.717) is 15.6 Å². The van der Waals surface area contributed by atoms with Gasteiger partial charge < -0.3 is 5.32 Å². The van der Waals surface area contributed by atoms with Crippen LogP contribution in [0.1, 0.15) is 10.4 Å². The standard InChI is InChI=1S/C17H13ClN2O3S2/c1-10-7-11(18)4-5-13(10)19-15(21)9-20-16(22)14(25-17(20)23)8-12-3-2-6-24-12/h2-8H,9H2,1H3,(H,19,21)/b14-8-. The summed E-state index contributed by atoms with van der Waals surface area (Å²) in [5.74, 6) is -0.892. The van der Waals surface area contributed by atoms with Crippen LogP contribution < -0.4 is 5.32 Å². The minimum absolute atomic E-state index is 0.322. The summed E-state index contributed by atoms with van der Waals surface area (Å²) in [6, 6.07) is 8.78. The summed E-state index contributed by atoms with van der Waals surface area (Å²) in [5.41, 5.74) is 1.39. The lowest BCUT2D eigenvalue weighted by atomic mass is 10.2. The van der Waals surface area contributed by atoms with Gasteiger partial charge in [0.25, 0.3) is 11.1 Å². The van der Waals surface area contributed by atoms with Crippen molar-refractivity contribution >= 4 is 63.5 Å². The Morgan fingerprint density at radius 1 is 1.32 bits per heavy atom. The number of rotatable bonds is 4. The van der Waals surface area contributed by atoms with Crippen molar-refractivity contribution in [3.8, 4) is 0 Å². The SMILES string of the molecule is Cc1cc(Cl)ccc1NC(=O)CN1C(=O)S/C(=C\c2cccs2)C1=O. The lowest BCUT2D eigenvalue weighted by Gasteiger charge is -2.13. The normalized spacial score (nSPS) is 15.9. The van der Waals surface area contributed by atoms with Crippen LogP contribution in [0.25, 0.3) is 6.08 Å². The summed E-state index contributed by atoms with van der Waals surface area (Å²) >= 11 is 8.20. The third-order valence-electron chi connectivity index (χ3n) is 3.45. The molecule has 0 aliphatic carbocycles. The molecular weight excluding hydrogens is 380 g/mol. The molecule has 1 aliphatic heterocycles. The quantitative estimate of drug-likeness (QED) is 0.784. The second kappa shape index (κ2) is 7.43. The van der Waals surface area contributed by atoms with E-state index in [1.807, 2.05) is 24.4 Å². The molecule has 1 fully saturated rings. The monoisotopic (exact) mass is 392 g/mol. The Bertz CT molecular complexity index is 878. The largest absolute Gasteiger partial charge is 0.324 e. The number of thiophene rings is 1. The van der Waals surface area contributed by atoms with Gasteiger partial charge in [-0.05, 0) is 60.0 Å². The molecule has 0 spiro atoms. The number of carbonyl (C=O) groups is 3. The summed E-state index contributed by atoms with van der Waals surface area (Å²) in [6.45, 7) is 1.49. The number of imide groups is 1. The zero-order valence-corrected chi connectivity index (χ0v) is 15.5. The Kier molecular flexibility index (Phi) is 5.27. The molecule has 25 heavy (non-hydrogen) atoms. The first-order valence-corrected chi connectivity index (χ1v) is 9.36. The number of amides is 3. The van der Waals surface area contributed by atoms with Gasteiger partial charge in [0, 0.05) is 15.6 Å². The third kappa shape index (κ3) is 4.12. The summed E-state index contributed by atoms with van der Waals surface area (Å²) in [6.07, 6.45) is 1.66. The maximum absolute atomic E-state index is 12.4. The minimum Gasteiger partial charge on any atom is -0.324 e. The third-order valence-corrected chi connectivity index (χ3v) is 5.42. The number of hydrogen-bond acceptors (Lipinski definition) is 5. The Morgan fingerprint density at radius 2 is 2.12 bits per heavy atom. The second-order valence-corrected chi connectivity index (χ2v) is 7.70. The van der Waals surface area contributed by atoms with E-state index in [2.05, 4.69) is 5.32 Å². The number of hydrogen-bond donors (Lipinski definition) is 1. The van der Waals surface area contributed by atoms with Crippen LogP contribution in [0.2, 0.25) is 5.02 Å². The van der Waals surface area contributed by atoms with Gasteiger partial charge in [-0.3, -0.25) is 19.3 Å². The van der Waals surface area contributed by atoms with Gasteiger partial charge in [-0.15, -0.1) is 11.3 Å². The highest BCUT2D eigenvalue weighted by atomic mass is 35.5. The van der Waals surface area contributed by atoms with Crippen molar-refractivity contribution in [3.63, 3.8) is 0 Å². The average Bonchev–Trinajstić information content (AvgIpc) is 3.15. The molecule has 1 aromatic heterocycles. The van der Waals surface area contributed by atoms with Crippen LogP contribution in [0.5, 0.6) is 0 Å². The van der Waals surface area contributed by atoms with Gasteiger partial charge in [0.15, 0.2) is 0 Å². The highest BCUT2D eigenvalue weighted by Gasteiger charge is 2.36. The fraction of sp³-hybridized carbons (Fsp3) is 0.118. The van der Waals surface area contributed by atoms with Crippen molar-refractivity contribution in [2.24, 2.45) is 0 Å².